The highest BCUT2D eigenvalue weighted by molar-refractivity contribution is 7.07. The van der Waals surface area contributed by atoms with Gasteiger partial charge in [-0.05, 0) is 30.3 Å². The van der Waals surface area contributed by atoms with Crippen molar-refractivity contribution in [3.63, 3.8) is 0 Å². The normalized spacial score (nSPS) is 10.5. The largest absolute Gasteiger partial charge is 0.496 e. The van der Waals surface area contributed by atoms with E-state index >= 15 is 0 Å². The van der Waals surface area contributed by atoms with Crippen molar-refractivity contribution in [1.82, 2.24) is 20.2 Å². The van der Waals surface area contributed by atoms with Gasteiger partial charge in [0.1, 0.15) is 18.1 Å². The van der Waals surface area contributed by atoms with Crippen LogP contribution in [0.5, 0.6) is 11.5 Å². The minimum Gasteiger partial charge on any atom is -0.496 e. The summed E-state index contributed by atoms with van der Waals surface area (Å²) in [6, 6.07) is 14.3. The number of thiazole rings is 1. The summed E-state index contributed by atoms with van der Waals surface area (Å²) in [7, 11) is 1.58. The summed E-state index contributed by atoms with van der Waals surface area (Å²) in [6.07, 6.45) is 0. The molecule has 0 radical (unpaired) electrons. The highest BCUT2D eigenvalue weighted by atomic mass is 32.1. The Kier molecular flexibility index (Phi) is 5.48. The number of methoxy groups -OCH3 is 1. The van der Waals surface area contributed by atoms with Gasteiger partial charge >= 0.3 is 0 Å². The number of benzene rings is 2. The van der Waals surface area contributed by atoms with Crippen molar-refractivity contribution < 1.29 is 14.3 Å². The van der Waals surface area contributed by atoms with Crippen molar-refractivity contribution in [3.05, 3.63) is 70.7 Å². The van der Waals surface area contributed by atoms with Crippen LogP contribution in [-0.4, -0.2) is 33.2 Å². The monoisotopic (exact) mass is 407 g/mol. The van der Waals surface area contributed by atoms with Crippen LogP contribution in [0, 0.1) is 0 Å². The first-order chi connectivity index (χ1) is 14.2. The molecule has 0 atom stereocenters. The second-order valence-corrected chi connectivity index (χ2v) is 6.68. The summed E-state index contributed by atoms with van der Waals surface area (Å²) in [4.78, 5) is 21.1. The van der Waals surface area contributed by atoms with E-state index in [4.69, 9.17) is 9.47 Å². The van der Waals surface area contributed by atoms with E-state index in [2.05, 4.69) is 25.5 Å². The molecule has 0 unspecified atom stereocenters. The molecule has 2 heterocycles. The lowest BCUT2D eigenvalue weighted by atomic mass is 10.2. The molecule has 0 aliphatic heterocycles. The summed E-state index contributed by atoms with van der Waals surface area (Å²) in [5, 5.41) is 11.5. The molecule has 0 saturated heterocycles. The number of amides is 1. The summed E-state index contributed by atoms with van der Waals surface area (Å²) in [5.74, 6) is 1.57. The van der Waals surface area contributed by atoms with Crippen molar-refractivity contribution in [3.8, 4) is 22.9 Å². The maximum absolute atomic E-state index is 12.6. The van der Waals surface area contributed by atoms with Crippen molar-refractivity contribution in [2.24, 2.45) is 0 Å². The standard InChI is InChI=1S/C20H17N5O3S/c1-27-17-8-3-2-7-16(17)18-22-20(25-24-18)23-19(26)13-5-4-6-15(9-13)28-10-14-11-29-12-21-14/h2-9,11-12H,10H2,1H3,(H2,22,23,24,25,26). The van der Waals surface area contributed by atoms with Crippen molar-refractivity contribution in [2.75, 3.05) is 12.4 Å². The lowest BCUT2D eigenvalue weighted by Gasteiger charge is -2.06. The predicted molar refractivity (Wildman–Crippen MR) is 109 cm³/mol. The molecule has 8 nitrogen and oxygen atoms in total. The van der Waals surface area contributed by atoms with Gasteiger partial charge in [0.15, 0.2) is 5.82 Å². The Morgan fingerprint density at radius 2 is 2.10 bits per heavy atom. The van der Waals surface area contributed by atoms with E-state index in [0.717, 1.165) is 11.3 Å². The Hall–Kier alpha value is -3.72. The van der Waals surface area contributed by atoms with E-state index in [1.165, 1.54) is 11.3 Å². The Labute approximate surface area is 170 Å². The second kappa shape index (κ2) is 8.53. The zero-order valence-corrected chi connectivity index (χ0v) is 16.3. The van der Waals surface area contributed by atoms with Crippen molar-refractivity contribution in [2.45, 2.75) is 6.61 Å². The third-order valence-corrected chi connectivity index (χ3v) is 4.67. The number of aromatic amines is 1. The molecule has 2 aromatic heterocycles. The van der Waals surface area contributed by atoms with Crippen LogP contribution in [0.2, 0.25) is 0 Å². The van der Waals surface area contributed by atoms with Crippen LogP contribution in [0.4, 0.5) is 5.95 Å². The van der Waals surface area contributed by atoms with Gasteiger partial charge in [-0.1, -0.05) is 18.2 Å². The number of ether oxygens (including phenoxy) is 2. The number of carbonyl (C=O) groups excluding carboxylic acids is 1. The van der Waals surface area contributed by atoms with Gasteiger partial charge in [0.05, 0.1) is 23.9 Å². The van der Waals surface area contributed by atoms with Crippen LogP contribution < -0.4 is 14.8 Å². The molecule has 4 rings (SSSR count). The van der Waals surface area contributed by atoms with Crippen LogP contribution in [0.1, 0.15) is 16.1 Å². The topological polar surface area (TPSA) is 102 Å². The molecule has 1 amide bonds. The average molecular weight is 407 g/mol. The molecular formula is C20H17N5O3S. The van der Waals surface area contributed by atoms with Gasteiger partial charge in [-0.3, -0.25) is 15.2 Å². The molecule has 0 aliphatic carbocycles. The molecule has 0 saturated carbocycles. The third kappa shape index (κ3) is 4.41. The van der Waals surface area contributed by atoms with Crippen LogP contribution in [-0.2, 0) is 6.61 Å². The minimum atomic E-state index is -0.338. The van der Waals surface area contributed by atoms with Crippen LogP contribution in [0.25, 0.3) is 11.4 Å². The van der Waals surface area contributed by atoms with E-state index in [1.54, 1.807) is 36.9 Å². The summed E-state index contributed by atoms with van der Waals surface area (Å²) >= 11 is 1.51. The number of para-hydroxylation sites is 1. The summed E-state index contributed by atoms with van der Waals surface area (Å²) in [6.45, 7) is 0.345. The van der Waals surface area contributed by atoms with Gasteiger partial charge in [0, 0.05) is 10.9 Å². The molecule has 9 heteroatoms. The molecule has 4 aromatic rings. The molecule has 0 aliphatic rings. The van der Waals surface area contributed by atoms with E-state index in [1.807, 2.05) is 29.6 Å². The quantitative estimate of drug-likeness (QED) is 0.484. The average Bonchev–Trinajstić information content (AvgIpc) is 3.44. The van der Waals surface area contributed by atoms with Crippen molar-refractivity contribution >= 4 is 23.2 Å². The fraction of sp³-hybridized carbons (Fsp3) is 0.100. The number of aromatic nitrogens is 4. The van der Waals surface area contributed by atoms with Gasteiger partial charge < -0.3 is 9.47 Å². The van der Waals surface area contributed by atoms with Gasteiger partial charge in [-0.15, -0.1) is 16.4 Å². The zero-order chi connectivity index (χ0) is 20.1. The number of rotatable bonds is 7. The van der Waals surface area contributed by atoms with E-state index in [-0.39, 0.29) is 11.9 Å². The van der Waals surface area contributed by atoms with Crippen molar-refractivity contribution in [1.29, 1.82) is 0 Å². The molecule has 2 aromatic carbocycles. The van der Waals surface area contributed by atoms with E-state index in [0.29, 0.717) is 29.5 Å². The molecule has 146 valence electrons. The second-order valence-electron chi connectivity index (χ2n) is 5.96. The predicted octanol–water partition coefficient (Wildman–Crippen LogP) is 3.77. The number of hydrogen-bond donors (Lipinski definition) is 2. The first kappa shape index (κ1) is 18.6. The molecule has 0 spiro atoms. The molecule has 29 heavy (non-hydrogen) atoms. The Morgan fingerprint density at radius 3 is 2.93 bits per heavy atom. The van der Waals surface area contributed by atoms with Gasteiger partial charge in [0.25, 0.3) is 5.91 Å². The lowest BCUT2D eigenvalue weighted by Crippen LogP contribution is -2.13. The highest BCUT2D eigenvalue weighted by Crippen LogP contribution is 2.27. The van der Waals surface area contributed by atoms with Gasteiger partial charge in [0.2, 0.25) is 5.95 Å². The van der Waals surface area contributed by atoms with Crippen LogP contribution >= 0.6 is 11.3 Å². The smallest absolute Gasteiger partial charge is 0.258 e. The third-order valence-electron chi connectivity index (χ3n) is 4.04. The molecule has 0 fully saturated rings. The molecule has 2 N–H and O–H groups in total. The number of nitrogens with zero attached hydrogens (tertiary/aromatic N) is 3. The maximum atomic E-state index is 12.6. The molecular weight excluding hydrogens is 390 g/mol. The van der Waals surface area contributed by atoms with Gasteiger partial charge in [-0.25, -0.2) is 4.98 Å². The fourth-order valence-electron chi connectivity index (χ4n) is 2.65. The Morgan fingerprint density at radius 1 is 1.21 bits per heavy atom. The van der Waals surface area contributed by atoms with Gasteiger partial charge in [-0.2, -0.15) is 4.98 Å². The number of H-pyrrole nitrogens is 1. The summed E-state index contributed by atoms with van der Waals surface area (Å²) < 4.78 is 11.0. The van der Waals surface area contributed by atoms with E-state index < -0.39 is 0 Å². The Bertz CT molecular complexity index is 1110. The highest BCUT2D eigenvalue weighted by Gasteiger charge is 2.14. The van der Waals surface area contributed by atoms with Crippen LogP contribution in [0.3, 0.4) is 0 Å². The first-order valence-electron chi connectivity index (χ1n) is 8.70. The fourth-order valence-corrected chi connectivity index (χ4v) is 3.19. The van der Waals surface area contributed by atoms with E-state index in [9.17, 15) is 4.79 Å². The number of carbonyl (C=O) groups is 1. The Balaban J connectivity index is 1.44. The summed E-state index contributed by atoms with van der Waals surface area (Å²) in [5.41, 5.74) is 3.78. The first-order valence-corrected chi connectivity index (χ1v) is 9.64. The SMILES string of the molecule is COc1ccccc1-c1nc(NC(=O)c2cccc(OCc3cscn3)c2)n[nH]1. The number of nitrogens with one attached hydrogen (secondary N) is 2. The van der Waals surface area contributed by atoms with Crippen LogP contribution in [0.15, 0.2) is 59.4 Å². The maximum Gasteiger partial charge on any atom is 0.258 e. The molecule has 0 bridgehead atoms. The minimum absolute atomic E-state index is 0.171. The lowest BCUT2D eigenvalue weighted by molar-refractivity contribution is 0.102. The number of anilines is 1. The number of hydrogen-bond acceptors (Lipinski definition) is 7. The zero-order valence-electron chi connectivity index (χ0n) is 15.5.